The Kier molecular flexibility index (Phi) is 5.33. The summed E-state index contributed by atoms with van der Waals surface area (Å²) in [6, 6.07) is 15.3. The van der Waals surface area contributed by atoms with Crippen molar-refractivity contribution in [1.82, 2.24) is 9.97 Å². The zero-order valence-corrected chi connectivity index (χ0v) is 16.9. The SMILES string of the molecule is CC1=C(C(=O)OCc2ccccc2)C(c2ccc(F)cc2)c2c(nc(=S)[nH]c2N)N1. The first-order valence-electron chi connectivity index (χ1n) is 9.28. The Labute approximate surface area is 177 Å². The summed E-state index contributed by atoms with van der Waals surface area (Å²) >= 11 is 5.13. The van der Waals surface area contributed by atoms with Crippen molar-refractivity contribution >= 4 is 29.8 Å². The van der Waals surface area contributed by atoms with Crippen molar-refractivity contribution in [3.05, 3.63) is 93.1 Å². The largest absolute Gasteiger partial charge is 0.457 e. The molecule has 1 unspecified atom stereocenters. The molecule has 1 atom stereocenters. The monoisotopic (exact) mass is 422 g/mol. The third-order valence-corrected chi connectivity index (χ3v) is 5.12. The molecule has 2 aromatic carbocycles. The van der Waals surface area contributed by atoms with Crippen LogP contribution in [0.4, 0.5) is 16.0 Å². The first-order chi connectivity index (χ1) is 14.4. The molecule has 3 aromatic rings. The fourth-order valence-corrected chi connectivity index (χ4v) is 3.75. The fraction of sp³-hybridized carbons (Fsp3) is 0.136. The lowest BCUT2D eigenvalue weighted by Crippen LogP contribution is -2.26. The number of carbonyl (C=O) groups is 1. The van der Waals surface area contributed by atoms with E-state index in [1.165, 1.54) is 12.1 Å². The van der Waals surface area contributed by atoms with Crippen LogP contribution in [0.15, 0.2) is 65.9 Å². The molecule has 152 valence electrons. The van der Waals surface area contributed by atoms with Crippen molar-refractivity contribution in [2.75, 3.05) is 11.1 Å². The Morgan fingerprint density at radius 2 is 1.90 bits per heavy atom. The van der Waals surface area contributed by atoms with Crippen LogP contribution in [0.25, 0.3) is 0 Å². The summed E-state index contributed by atoms with van der Waals surface area (Å²) < 4.78 is 19.4. The van der Waals surface area contributed by atoms with Gasteiger partial charge in [0.05, 0.1) is 11.5 Å². The van der Waals surface area contributed by atoms with Gasteiger partial charge in [-0.05, 0) is 42.4 Å². The molecule has 30 heavy (non-hydrogen) atoms. The van der Waals surface area contributed by atoms with Crippen molar-refractivity contribution in [3.63, 3.8) is 0 Å². The molecule has 0 bridgehead atoms. The number of aromatic nitrogens is 2. The van der Waals surface area contributed by atoms with E-state index in [0.717, 1.165) is 5.56 Å². The molecule has 0 spiro atoms. The van der Waals surface area contributed by atoms with Gasteiger partial charge >= 0.3 is 5.97 Å². The Morgan fingerprint density at radius 1 is 1.20 bits per heavy atom. The average molecular weight is 422 g/mol. The Balaban J connectivity index is 1.77. The van der Waals surface area contributed by atoms with E-state index in [9.17, 15) is 9.18 Å². The zero-order valence-electron chi connectivity index (χ0n) is 16.1. The zero-order chi connectivity index (χ0) is 21.3. The number of hydrogen-bond donors (Lipinski definition) is 3. The number of rotatable bonds is 4. The molecule has 8 heteroatoms. The number of nitrogens with zero attached hydrogens (tertiary/aromatic N) is 1. The first kappa shape index (κ1) is 19.8. The van der Waals surface area contributed by atoms with Gasteiger partial charge in [-0.3, -0.25) is 0 Å². The van der Waals surface area contributed by atoms with Crippen molar-refractivity contribution in [2.24, 2.45) is 0 Å². The predicted octanol–water partition coefficient (Wildman–Crippen LogP) is 4.44. The number of nitrogen functional groups attached to an aromatic ring is 1. The van der Waals surface area contributed by atoms with E-state index in [4.69, 9.17) is 22.7 Å². The van der Waals surface area contributed by atoms with E-state index < -0.39 is 11.9 Å². The van der Waals surface area contributed by atoms with Crippen LogP contribution in [-0.4, -0.2) is 15.9 Å². The van der Waals surface area contributed by atoms with Gasteiger partial charge in [-0.1, -0.05) is 42.5 Å². The highest BCUT2D eigenvalue weighted by molar-refractivity contribution is 7.71. The number of hydrogen-bond acceptors (Lipinski definition) is 6. The molecular weight excluding hydrogens is 403 g/mol. The second-order valence-corrected chi connectivity index (χ2v) is 7.31. The highest BCUT2D eigenvalue weighted by Crippen LogP contribution is 2.43. The lowest BCUT2D eigenvalue weighted by molar-refractivity contribution is -0.140. The van der Waals surface area contributed by atoms with Crippen LogP contribution >= 0.6 is 12.2 Å². The number of esters is 1. The molecule has 6 nitrogen and oxygen atoms in total. The number of ether oxygens (including phenoxy) is 1. The maximum Gasteiger partial charge on any atom is 0.337 e. The smallest absolute Gasteiger partial charge is 0.337 e. The molecule has 4 N–H and O–H groups in total. The van der Waals surface area contributed by atoms with E-state index >= 15 is 0 Å². The molecule has 0 fully saturated rings. The van der Waals surface area contributed by atoms with Crippen LogP contribution in [0, 0.1) is 10.6 Å². The fourth-order valence-electron chi connectivity index (χ4n) is 3.55. The van der Waals surface area contributed by atoms with E-state index in [1.807, 2.05) is 30.3 Å². The minimum absolute atomic E-state index is 0.129. The molecule has 0 saturated carbocycles. The minimum Gasteiger partial charge on any atom is -0.457 e. The molecule has 0 aliphatic carbocycles. The number of fused-ring (bicyclic) bond motifs is 1. The molecular formula is C22H19FN4O2S. The van der Waals surface area contributed by atoms with E-state index in [0.29, 0.717) is 28.2 Å². The second kappa shape index (κ2) is 8.08. The summed E-state index contributed by atoms with van der Waals surface area (Å²) in [6.07, 6.45) is 0. The topological polar surface area (TPSA) is 93.0 Å². The molecule has 0 saturated heterocycles. The van der Waals surface area contributed by atoms with Gasteiger partial charge in [0, 0.05) is 11.3 Å². The number of nitrogens with two attached hydrogens (primary N) is 1. The molecule has 2 heterocycles. The number of benzene rings is 2. The van der Waals surface area contributed by atoms with Crippen molar-refractivity contribution in [1.29, 1.82) is 0 Å². The molecule has 4 rings (SSSR count). The van der Waals surface area contributed by atoms with Crippen molar-refractivity contribution < 1.29 is 13.9 Å². The summed E-state index contributed by atoms with van der Waals surface area (Å²) in [5, 5.41) is 3.11. The van der Waals surface area contributed by atoms with Gasteiger partial charge in [0.15, 0.2) is 4.77 Å². The van der Waals surface area contributed by atoms with Gasteiger partial charge in [0.25, 0.3) is 0 Å². The lowest BCUT2D eigenvalue weighted by atomic mass is 9.82. The summed E-state index contributed by atoms with van der Waals surface area (Å²) in [5.74, 6) is -0.717. The molecule has 0 radical (unpaired) electrons. The number of H-pyrrole nitrogens is 1. The highest BCUT2D eigenvalue weighted by atomic mass is 32.1. The minimum atomic E-state index is -0.593. The predicted molar refractivity (Wildman–Crippen MR) is 115 cm³/mol. The standard InChI is InChI=1S/C22H19FN4O2S/c1-12-16(21(28)29-11-13-5-3-2-4-6-13)17(14-7-9-15(23)10-8-14)18-19(24)26-22(30)27-20(18)25-12/h2-10,17H,11H2,1H3,(H4,24,25,26,27,30). The first-order valence-corrected chi connectivity index (χ1v) is 9.69. The van der Waals surface area contributed by atoms with E-state index in [1.54, 1.807) is 19.1 Å². The number of nitrogens with one attached hydrogen (secondary N) is 2. The second-order valence-electron chi connectivity index (χ2n) is 6.93. The van der Waals surface area contributed by atoms with Gasteiger partial charge < -0.3 is 20.8 Å². The number of allylic oxidation sites excluding steroid dienone is 1. The highest BCUT2D eigenvalue weighted by Gasteiger charge is 2.36. The van der Waals surface area contributed by atoms with Gasteiger partial charge in [0.1, 0.15) is 24.1 Å². The summed E-state index contributed by atoms with van der Waals surface area (Å²) in [4.78, 5) is 20.3. The summed E-state index contributed by atoms with van der Waals surface area (Å²) in [6.45, 7) is 1.89. The Bertz CT molecular complexity index is 1190. The Hall–Kier alpha value is -3.52. The normalized spacial score (nSPS) is 15.3. The van der Waals surface area contributed by atoms with E-state index in [-0.39, 0.29) is 23.0 Å². The molecule has 1 aliphatic heterocycles. The van der Waals surface area contributed by atoms with Crippen LogP contribution in [0.5, 0.6) is 0 Å². The van der Waals surface area contributed by atoms with Crippen LogP contribution in [-0.2, 0) is 16.1 Å². The maximum absolute atomic E-state index is 13.5. The maximum atomic E-state index is 13.5. The van der Waals surface area contributed by atoms with Crippen molar-refractivity contribution in [3.8, 4) is 0 Å². The van der Waals surface area contributed by atoms with Crippen LogP contribution in [0.1, 0.15) is 29.5 Å². The van der Waals surface area contributed by atoms with E-state index in [2.05, 4.69) is 15.3 Å². The quantitative estimate of drug-likeness (QED) is 0.425. The number of anilines is 2. The third kappa shape index (κ3) is 3.81. The van der Waals surface area contributed by atoms with Gasteiger partial charge in [-0.15, -0.1) is 0 Å². The molecule has 1 aromatic heterocycles. The third-order valence-electron chi connectivity index (χ3n) is 4.92. The van der Waals surface area contributed by atoms with Gasteiger partial charge in [-0.2, -0.15) is 0 Å². The van der Waals surface area contributed by atoms with Crippen molar-refractivity contribution in [2.45, 2.75) is 19.4 Å². The lowest BCUT2D eigenvalue weighted by Gasteiger charge is -2.30. The van der Waals surface area contributed by atoms with Gasteiger partial charge in [-0.25, -0.2) is 14.2 Å². The molecule has 1 aliphatic rings. The number of halogens is 1. The van der Waals surface area contributed by atoms with Crippen LogP contribution < -0.4 is 11.1 Å². The summed E-state index contributed by atoms with van der Waals surface area (Å²) in [5.41, 5.74) is 9.29. The van der Waals surface area contributed by atoms with Gasteiger partial charge in [0.2, 0.25) is 0 Å². The van der Waals surface area contributed by atoms with Crippen LogP contribution in [0.3, 0.4) is 0 Å². The Morgan fingerprint density at radius 3 is 2.60 bits per heavy atom. The number of carbonyl (C=O) groups excluding carboxylic acids is 1. The van der Waals surface area contributed by atoms with Crippen LogP contribution in [0.2, 0.25) is 0 Å². The number of aromatic amines is 1. The molecule has 0 amide bonds. The average Bonchev–Trinajstić information content (AvgIpc) is 2.72. The summed E-state index contributed by atoms with van der Waals surface area (Å²) in [7, 11) is 0.